The monoisotopic (exact) mass is 382 g/mol. The molecule has 0 fully saturated rings. The van der Waals surface area contributed by atoms with Gasteiger partial charge in [-0.1, -0.05) is 12.1 Å². The van der Waals surface area contributed by atoms with Crippen LogP contribution in [0.2, 0.25) is 0 Å². The van der Waals surface area contributed by atoms with Crippen molar-refractivity contribution in [2.75, 3.05) is 23.7 Å². The third-order valence-corrected chi connectivity index (χ3v) is 4.97. The van der Waals surface area contributed by atoms with E-state index in [4.69, 9.17) is 4.42 Å². The highest BCUT2D eigenvalue weighted by Gasteiger charge is 2.20. The Labute approximate surface area is 153 Å². The summed E-state index contributed by atoms with van der Waals surface area (Å²) in [6, 6.07) is 9.38. The number of hydrogen-bond acceptors (Lipinski definition) is 4. The zero-order valence-electron chi connectivity index (χ0n) is 14.7. The molecule has 0 unspecified atom stereocenters. The summed E-state index contributed by atoms with van der Waals surface area (Å²) in [7, 11) is -3.63. The largest absolute Gasteiger partial charge is 0.469 e. The number of benzene rings is 1. The number of furan rings is 1. The summed E-state index contributed by atoms with van der Waals surface area (Å²) < 4.78 is 44.0. The summed E-state index contributed by atoms with van der Waals surface area (Å²) in [6.07, 6.45) is 4.59. The van der Waals surface area contributed by atoms with Crippen molar-refractivity contribution in [2.45, 2.75) is 25.7 Å². The number of anilines is 1. The van der Waals surface area contributed by atoms with Gasteiger partial charge in [-0.3, -0.25) is 9.10 Å². The van der Waals surface area contributed by atoms with E-state index in [1.165, 1.54) is 18.2 Å². The van der Waals surface area contributed by atoms with Crippen LogP contribution in [0.25, 0.3) is 0 Å². The van der Waals surface area contributed by atoms with Gasteiger partial charge in [0, 0.05) is 25.9 Å². The Hall–Kier alpha value is -2.35. The van der Waals surface area contributed by atoms with Crippen LogP contribution in [0.15, 0.2) is 47.1 Å². The van der Waals surface area contributed by atoms with Gasteiger partial charge >= 0.3 is 0 Å². The zero-order valence-corrected chi connectivity index (χ0v) is 15.5. The molecule has 26 heavy (non-hydrogen) atoms. The van der Waals surface area contributed by atoms with Gasteiger partial charge in [0.1, 0.15) is 11.6 Å². The highest BCUT2D eigenvalue weighted by atomic mass is 32.2. The van der Waals surface area contributed by atoms with E-state index >= 15 is 0 Å². The Morgan fingerprint density at radius 3 is 2.62 bits per heavy atom. The Kier molecular flexibility index (Phi) is 7.20. The van der Waals surface area contributed by atoms with Crippen LogP contribution in [0.4, 0.5) is 10.1 Å². The number of sulfonamides is 1. The third-order valence-electron chi connectivity index (χ3n) is 3.79. The molecule has 8 heteroatoms. The van der Waals surface area contributed by atoms with Crippen LogP contribution < -0.4 is 9.62 Å². The predicted molar refractivity (Wildman–Crippen MR) is 97.9 cm³/mol. The van der Waals surface area contributed by atoms with E-state index in [9.17, 15) is 17.6 Å². The van der Waals surface area contributed by atoms with Crippen molar-refractivity contribution in [3.8, 4) is 0 Å². The molecule has 0 saturated heterocycles. The maximum Gasteiger partial charge on any atom is 0.232 e. The lowest BCUT2D eigenvalue weighted by Gasteiger charge is -2.22. The standard InChI is InChI=1S/C18H23FN2O4S/c1-26(23,24)21(17-10-3-2-9-16(17)19)13-5-11-18(22)20-12-4-7-15-8-6-14-25-15/h2-3,6,8-10,14H,4-5,7,11-13H2,1H3,(H,20,22). The van der Waals surface area contributed by atoms with E-state index in [0.29, 0.717) is 13.0 Å². The number of carbonyl (C=O) groups is 1. The topological polar surface area (TPSA) is 79.6 Å². The number of carbonyl (C=O) groups excluding carboxylic acids is 1. The maximum absolute atomic E-state index is 13.9. The van der Waals surface area contributed by atoms with Gasteiger partial charge in [-0.05, 0) is 37.1 Å². The van der Waals surface area contributed by atoms with Crippen LogP contribution in [0, 0.1) is 5.82 Å². The number of para-hydroxylation sites is 1. The first-order valence-corrected chi connectivity index (χ1v) is 10.2. The summed E-state index contributed by atoms with van der Waals surface area (Å²) in [5.74, 6) is 0.0969. The fraction of sp³-hybridized carbons (Fsp3) is 0.389. The number of hydrogen-bond donors (Lipinski definition) is 1. The molecule has 1 aromatic carbocycles. The molecule has 0 radical (unpaired) electrons. The average Bonchev–Trinajstić information content (AvgIpc) is 3.09. The van der Waals surface area contributed by atoms with Crippen molar-refractivity contribution in [1.82, 2.24) is 5.32 Å². The molecule has 0 aliphatic rings. The minimum atomic E-state index is -3.63. The van der Waals surface area contributed by atoms with Crippen molar-refractivity contribution in [3.05, 3.63) is 54.2 Å². The van der Waals surface area contributed by atoms with Gasteiger partial charge in [0.25, 0.3) is 0 Å². The van der Waals surface area contributed by atoms with Crippen LogP contribution in [0.5, 0.6) is 0 Å². The normalized spacial score (nSPS) is 11.3. The molecule has 0 saturated carbocycles. The van der Waals surface area contributed by atoms with Crippen LogP contribution >= 0.6 is 0 Å². The van der Waals surface area contributed by atoms with Crippen LogP contribution in [0.1, 0.15) is 25.0 Å². The predicted octanol–water partition coefficient (Wildman–Crippen LogP) is 2.71. The molecular formula is C18H23FN2O4S. The molecular weight excluding hydrogens is 359 g/mol. The molecule has 1 N–H and O–H groups in total. The van der Waals surface area contributed by atoms with Gasteiger partial charge in [-0.25, -0.2) is 12.8 Å². The second-order valence-electron chi connectivity index (χ2n) is 5.92. The molecule has 0 atom stereocenters. The molecule has 2 rings (SSSR count). The van der Waals surface area contributed by atoms with Crippen molar-refractivity contribution >= 4 is 21.6 Å². The van der Waals surface area contributed by atoms with Crippen molar-refractivity contribution in [2.24, 2.45) is 0 Å². The number of aryl methyl sites for hydroxylation is 1. The maximum atomic E-state index is 13.9. The molecule has 0 spiro atoms. The number of nitrogens with one attached hydrogen (secondary N) is 1. The van der Waals surface area contributed by atoms with Gasteiger partial charge in [-0.2, -0.15) is 0 Å². The minimum Gasteiger partial charge on any atom is -0.469 e. The summed E-state index contributed by atoms with van der Waals surface area (Å²) >= 11 is 0. The van der Waals surface area contributed by atoms with Crippen LogP contribution in [-0.2, 0) is 21.2 Å². The van der Waals surface area contributed by atoms with Gasteiger partial charge in [-0.15, -0.1) is 0 Å². The van der Waals surface area contributed by atoms with E-state index in [2.05, 4.69) is 5.32 Å². The van der Waals surface area contributed by atoms with Gasteiger partial charge in [0.15, 0.2) is 0 Å². The first kappa shape index (κ1) is 20.0. The minimum absolute atomic E-state index is 0.00569. The summed E-state index contributed by atoms with van der Waals surface area (Å²) in [4.78, 5) is 11.9. The first-order valence-electron chi connectivity index (χ1n) is 8.39. The molecule has 0 aliphatic heterocycles. The summed E-state index contributed by atoms with van der Waals surface area (Å²) in [6.45, 7) is 0.558. The van der Waals surface area contributed by atoms with E-state index in [-0.39, 0.29) is 24.6 Å². The lowest BCUT2D eigenvalue weighted by Crippen LogP contribution is -2.33. The smallest absolute Gasteiger partial charge is 0.232 e. The van der Waals surface area contributed by atoms with Gasteiger partial charge < -0.3 is 9.73 Å². The average molecular weight is 382 g/mol. The number of halogens is 1. The van der Waals surface area contributed by atoms with E-state index in [1.807, 2.05) is 12.1 Å². The molecule has 1 amide bonds. The molecule has 0 aliphatic carbocycles. The van der Waals surface area contributed by atoms with E-state index in [1.54, 1.807) is 12.3 Å². The molecule has 1 aromatic heterocycles. The third kappa shape index (κ3) is 6.18. The lowest BCUT2D eigenvalue weighted by atomic mass is 10.2. The van der Waals surface area contributed by atoms with E-state index < -0.39 is 15.8 Å². The van der Waals surface area contributed by atoms with Crippen molar-refractivity contribution < 1.29 is 22.0 Å². The summed E-state index contributed by atoms with van der Waals surface area (Å²) in [5.41, 5.74) is -0.00569. The SMILES string of the molecule is CS(=O)(=O)N(CCCC(=O)NCCCc1ccco1)c1ccccc1F. The first-order chi connectivity index (χ1) is 12.4. The Morgan fingerprint density at radius 1 is 1.19 bits per heavy atom. The number of rotatable bonds is 10. The second kappa shape index (κ2) is 9.38. The Morgan fingerprint density at radius 2 is 1.96 bits per heavy atom. The molecule has 1 heterocycles. The number of amides is 1. The highest BCUT2D eigenvalue weighted by Crippen LogP contribution is 2.21. The molecule has 142 valence electrons. The highest BCUT2D eigenvalue weighted by molar-refractivity contribution is 7.92. The van der Waals surface area contributed by atoms with Crippen molar-refractivity contribution in [3.63, 3.8) is 0 Å². The lowest BCUT2D eigenvalue weighted by molar-refractivity contribution is -0.121. The molecule has 2 aromatic rings. The fourth-order valence-corrected chi connectivity index (χ4v) is 3.50. The Balaban J connectivity index is 1.76. The second-order valence-corrected chi connectivity index (χ2v) is 7.83. The molecule has 0 bridgehead atoms. The number of nitrogens with zero attached hydrogens (tertiary/aromatic N) is 1. The summed E-state index contributed by atoms with van der Waals surface area (Å²) in [5, 5.41) is 2.79. The van der Waals surface area contributed by atoms with E-state index in [0.717, 1.165) is 29.2 Å². The fourth-order valence-electron chi connectivity index (χ4n) is 2.54. The zero-order chi connectivity index (χ0) is 19.0. The quantitative estimate of drug-likeness (QED) is 0.641. The molecule has 6 nitrogen and oxygen atoms in total. The van der Waals surface area contributed by atoms with Crippen LogP contribution in [0.3, 0.4) is 0 Å². The Bertz CT molecular complexity index is 806. The van der Waals surface area contributed by atoms with Gasteiger partial charge in [0.2, 0.25) is 15.9 Å². The van der Waals surface area contributed by atoms with Gasteiger partial charge in [0.05, 0.1) is 18.2 Å². The van der Waals surface area contributed by atoms with Crippen LogP contribution in [-0.4, -0.2) is 33.7 Å². The van der Waals surface area contributed by atoms with Crippen molar-refractivity contribution in [1.29, 1.82) is 0 Å².